The maximum Gasteiger partial charge on any atom is 0.251 e. The number of piperidine rings is 1. The standard InChI is InChI=1S/C13H17N3O2/c1-8-2-3-9(14)6-11(8)13(18)16-10-4-5-12(17)15-7-10/h2-3,6,10H,4-5,7,14H2,1H3,(H,15,17)(H,16,18). The summed E-state index contributed by atoms with van der Waals surface area (Å²) in [6.07, 6.45) is 1.14. The lowest BCUT2D eigenvalue weighted by Gasteiger charge is -2.23. The largest absolute Gasteiger partial charge is 0.399 e. The van der Waals surface area contributed by atoms with Crippen molar-refractivity contribution in [2.24, 2.45) is 0 Å². The number of aryl methyl sites for hydroxylation is 1. The number of carbonyl (C=O) groups excluding carboxylic acids is 2. The first-order chi connectivity index (χ1) is 8.56. The molecule has 96 valence electrons. The lowest BCUT2D eigenvalue weighted by Crippen LogP contribution is -2.47. The van der Waals surface area contributed by atoms with Gasteiger partial charge in [-0.05, 0) is 31.0 Å². The predicted octanol–water partition coefficient (Wildman–Crippen LogP) is 0.586. The Kier molecular flexibility index (Phi) is 3.50. The number of carbonyl (C=O) groups is 2. The SMILES string of the molecule is Cc1ccc(N)cc1C(=O)NC1CCC(=O)NC1. The van der Waals surface area contributed by atoms with Gasteiger partial charge in [-0.25, -0.2) is 0 Å². The second-order valence-electron chi connectivity index (χ2n) is 4.59. The van der Waals surface area contributed by atoms with Crippen LogP contribution < -0.4 is 16.4 Å². The molecule has 1 aliphatic heterocycles. The molecule has 0 bridgehead atoms. The number of nitrogens with one attached hydrogen (secondary N) is 2. The Morgan fingerprint density at radius 3 is 2.94 bits per heavy atom. The maximum absolute atomic E-state index is 12.1. The summed E-state index contributed by atoms with van der Waals surface area (Å²) in [7, 11) is 0. The topological polar surface area (TPSA) is 84.2 Å². The van der Waals surface area contributed by atoms with Gasteiger partial charge in [0.25, 0.3) is 5.91 Å². The van der Waals surface area contributed by atoms with Gasteiger partial charge in [0, 0.05) is 30.3 Å². The average molecular weight is 247 g/mol. The lowest BCUT2D eigenvalue weighted by atomic mass is 10.0. The summed E-state index contributed by atoms with van der Waals surface area (Å²) in [5.41, 5.74) is 7.73. The van der Waals surface area contributed by atoms with Crippen LogP contribution in [0.2, 0.25) is 0 Å². The highest BCUT2D eigenvalue weighted by atomic mass is 16.2. The van der Waals surface area contributed by atoms with E-state index >= 15 is 0 Å². The van der Waals surface area contributed by atoms with Gasteiger partial charge >= 0.3 is 0 Å². The molecule has 0 aromatic heterocycles. The molecule has 0 spiro atoms. The zero-order valence-electron chi connectivity index (χ0n) is 10.3. The monoisotopic (exact) mass is 247 g/mol. The molecule has 2 amide bonds. The van der Waals surface area contributed by atoms with E-state index in [0.29, 0.717) is 30.6 Å². The van der Waals surface area contributed by atoms with Gasteiger partial charge in [-0.3, -0.25) is 9.59 Å². The zero-order valence-corrected chi connectivity index (χ0v) is 10.3. The van der Waals surface area contributed by atoms with Crippen molar-refractivity contribution in [3.05, 3.63) is 29.3 Å². The van der Waals surface area contributed by atoms with Crippen LogP contribution in [0.15, 0.2) is 18.2 Å². The van der Waals surface area contributed by atoms with Crippen LogP contribution in [0.5, 0.6) is 0 Å². The second-order valence-corrected chi connectivity index (χ2v) is 4.59. The van der Waals surface area contributed by atoms with E-state index in [1.165, 1.54) is 0 Å². The van der Waals surface area contributed by atoms with Crippen LogP contribution in [-0.2, 0) is 4.79 Å². The lowest BCUT2D eigenvalue weighted by molar-refractivity contribution is -0.122. The third-order valence-corrected chi connectivity index (χ3v) is 3.11. The van der Waals surface area contributed by atoms with E-state index in [2.05, 4.69) is 10.6 Å². The highest BCUT2D eigenvalue weighted by Gasteiger charge is 2.20. The van der Waals surface area contributed by atoms with E-state index in [1.54, 1.807) is 12.1 Å². The Hall–Kier alpha value is -2.04. The quantitative estimate of drug-likeness (QED) is 0.669. The van der Waals surface area contributed by atoms with E-state index in [4.69, 9.17) is 5.73 Å². The van der Waals surface area contributed by atoms with Crippen molar-refractivity contribution in [3.8, 4) is 0 Å². The van der Waals surface area contributed by atoms with Crippen LogP contribution in [0.3, 0.4) is 0 Å². The third-order valence-electron chi connectivity index (χ3n) is 3.11. The molecule has 1 atom stereocenters. The van der Waals surface area contributed by atoms with Crippen molar-refractivity contribution >= 4 is 17.5 Å². The summed E-state index contributed by atoms with van der Waals surface area (Å²) in [4.78, 5) is 23.1. The molecular weight excluding hydrogens is 230 g/mol. The highest BCUT2D eigenvalue weighted by molar-refractivity contribution is 5.96. The molecule has 0 aliphatic carbocycles. The van der Waals surface area contributed by atoms with Crippen LogP contribution in [-0.4, -0.2) is 24.4 Å². The van der Waals surface area contributed by atoms with Gasteiger partial charge in [0.1, 0.15) is 0 Å². The third kappa shape index (κ3) is 2.80. The fourth-order valence-electron chi connectivity index (χ4n) is 2.00. The van der Waals surface area contributed by atoms with Crippen molar-refractivity contribution in [3.63, 3.8) is 0 Å². The van der Waals surface area contributed by atoms with Crippen LogP contribution in [0.1, 0.15) is 28.8 Å². The van der Waals surface area contributed by atoms with Crippen molar-refractivity contribution in [2.75, 3.05) is 12.3 Å². The molecule has 1 aromatic rings. The molecular formula is C13H17N3O2. The molecule has 1 unspecified atom stereocenters. The molecule has 1 fully saturated rings. The molecule has 18 heavy (non-hydrogen) atoms. The van der Waals surface area contributed by atoms with Crippen molar-refractivity contribution in [2.45, 2.75) is 25.8 Å². The normalized spacial score (nSPS) is 19.2. The summed E-state index contributed by atoms with van der Waals surface area (Å²) in [6.45, 7) is 2.36. The first-order valence-corrected chi connectivity index (χ1v) is 6.00. The van der Waals surface area contributed by atoms with E-state index in [0.717, 1.165) is 5.56 Å². The van der Waals surface area contributed by atoms with E-state index in [9.17, 15) is 9.59 Å². The van der Waals surface area contributed by atoms with Gasteiger partial charge in [0.05, 0.1) is 0 Å². The van der Waals surface area contributed by atoms with E-state index < -0.39 is 0 Å². The van der Waals surface area contributed by atoms with Crippen LogP contribution >= 0.6 is 0 Å². The summed E-state index contributed by atoms with van der Waals surface area (Å²) >= 11 is 0. The second kappa shape index (κ2) is 5.08. The molecule has 5 heteroatoms. The molecule has 0 saturated carbocycles. The Morgan fingerprint density at radius 2 is 2.28 bits per heavy atom. The van der Waals surface area contributed by atoms with Crippen molar-refractivity contribution in [1.29, 1.82) is 0 Å². The Labute approximate surface area is 106 Å². The molecule has 1 aliphatic rings. The zero-order chi connectivity index (χ0) is 13.1. The van der Waals surface area contributed by atoms with Crippen LogP contribution in [0, 0.1) is 6.92 Å². The summed E-state index contributed by atoms with van der Waals surface area (Å²) in [5, 5.41) is 5.65. The molecule has 0 radical (unpaired) electrons. The molecule has 1 heterocycles. The van der Waals surface area contributed by atoms with Gasteiger partial charge in [-0.2, -0.15) is 0 Å². The smallest absolute Gasteiger partial charge is 0.251 e. The molecule has 2 rings (SSSR count). The number of benzene rings is 1. The fourth-order valence-corrected chi connectivity index (χ4v) is 2.00. The number of nitrogens with two attached hydrogens (primary N) is 1. The van der Waals surface area contributed by atoms with Crippen molar-refractivity contribution < 1.29 is 9.59 Å². The van der Waals surface area contributed by atoms with Crippen molar-refractivity contribution in [1.82, 2.24) is 10.6 Å². The minimum atomic E-state index is -0.138. The van der Waals surface area contributed by atoms with Gasteiger partial charge in [0.2, 0.25) is 5.91 Å². The predicted molar refractivity (Wildman–Crippen MR) is 69.1 cm³/mol. The summed E-state index contributed by atoms with van der Waals surface area (Å²) < 4.78 is 0. The highest BCUT2D eigenvalue weighted by Crippen LogP contribution is 2.13. The summed E-state index contributed by atoms with van der Waals surface area (Å²) in [5.74, 6) is -0.0958. The van der Waals surface area contributed by atoms with Crippen LogP contribution in [0.25, 0.3) is 0 Å². The number of rotatable bonds is 2. The van der Waals surface area contributed by atoms with Gasteiger partial charge < -0.3 is 16.4 Å². The average Bonchev–Trinajstić information content (AvgIpc) is 2.35. The van der Waals surface area contributed by atoms with Crippen LogP contribution in [0.4, 0.5) is 5.69 Å². The number of amides is 2. The van der Waals surface area contributed by atoms with E-state index in [1.807, 2.05) is 13.0 Å². The molecule has 5 nitrogen and oxygen atoms in total. The first-order valence-electron chi connectivity index (χ1n) is 6.00. The minimum Gasteiger partial charge on any atom is -0.399 e. The summed E-state index contributed by atoms with van der Waals surface area (Å²) in [6, 6.07) is 5.27. The molecule has 1 saturated heterocycles. The van der Waals surface area contributed by atoms with Gasteiger partial charge in [0.15, 0.2) is 0 Å². The molecule has 4 N–H and O–H groups in total. The Morgan fingerprint density at radius 1 is 1.50 bits per heavy atom. The number of hydrogen-bond acceptors (Lipinski definition) is 3. The van der Waals surface area contributed by atoms with Gasteiger partial charge in [-0.15, -0.1) is 0 Å². The van der Waals surface area contributed by atoms with Gasteiger partial charge in [-0.1, -0.05) is 6.07 Å². The first kappa shape index (κ1) is 12.4. The fraction of sp³-hybridized carbons (Fsp3) is 0.385. The minimum absolute atomic E-state index is 0.00368. The number of hydrogen-bond donors (Lipinski definition) is 3. The number of anilines is 1. The molecule has 1 aromatic carbocycles. The number of nitrogen functional groups attached to an aromatic ring is 1. The Bertz CT molecular complexity index is 475. The Balaban J connectivity index is 2.03. The maximum atomic E-state index is 12.1. The van der Waals surface area contributed by atoms with E-state index in [-0.39, 0.29) is 17.9 Å².